The number of fused-ring (bicyclic) bond motifs is 1. The first-order valence-electron chi connectivity index (χ1n) is 9.26. The predicted molar refractivity (Wildman–Crippen MR) is 103 cm³/mol. The van der Waals surface area contributed by atoms with E-state index >= 15 is 0 Å². The van der Waals surface area contributed by atoms with Crippen molar-refractivity contribution in [2.24, 2.45) is 5.92 Å². The van der Waals surface area contributed by atoms with Crippen LogP contribution in [0.15, 0.2) is 54.7 Å². The second kappa shape index (κ2) is 7.24. The number of hydrogen-bond acceptors (Lipinski definition) is 3. The molecule has 1 atom stereocenters. The summed E-state index contributed by atoms with van der Waals surface area (Å²) >= 11 is 0. The number of carbonyl (C=O) groups excluding carboxylic acids is 1. The van der Waals surface area contributed by atoms with Crippen LogP contribution in [0, 0.1) is 12.8 Å². The van der Waals surface area contributed by atoms with E-state index in [1.54, 1.807) is 6.20 Å². The summed E-state index contributed by atoms with van der Waals surface area (Å²) in [7, 11) is 0. The number of rotatable bonds is 3. The zero-order valence-corrected chi connectivity index (χ0v) is 15.1. The van der Waals surface area contributed by atoms with Crippen molar-refractivity contribution in [1.82, 2.24) is 14.9 Å². The fraction of sp³-hybridized carbons (Fsp3) is 0.318. The third kappa shape index (κ3) is 3.45. The maximum atomic E-state index is 13.1. The number of piperidine rings is 1. The topological polar surface area (TPSA) is 46.1 Å². The minimum absolute atomic E-state index is 0.0451. The molecule has 0 aliphatic carbocycles. The highest BCUT2D eigenvalue weighted by Crippen LogP contribution is 2.24. The molecule has 0 N–H and O–H groups in total. The SMILES string of the molecule is Cc1cccc(CC2CCCN(C(=O)c3nccc4ccccc34)C2)n1. The van der Waals surface area contributed by atoms with Gasteiger partial charge in [0.05, 0.1) is 0 Å². The Hall–Kier alpha value is -2.75. The summed E-state index contributed by atoms with van der Waals surface area (Å²) in [5.74, 6) is 0.501. The largest absolute Gasteiger partial charge is 0.337 e. The molecule has 26 heavy (non-hydrogen) atoms. The molecule has 1 amide bonds. The summed E-state index contributed by atoms with van der Waals surface area (Å²) in [6.45, 7) is 3.60. The summed E-state index contributed by atoms with van der Waals surface area (Å²) in [5, 5.41) is 1.99. The van der Waals surface area contributed by atoms with Crippen LogP contribution in [0.2, 0.25) is 0 Å². The van der Waals surface area contributed by atoms with Crippen LogP contribution >= 0.6 is 0 Å². The van der Waals surface area contributed by atoms with E-state index in [0.717, 1.165) is 54.5 Å². The van der Waals surface area contributed by atoms with Gasteiger partial charge in [0, 0.05) is 36.1 Å². The van der Waals surface area contributed by atoms with Crippen molar-refractivity contribution in [3.63, 3.8) is 0 Å². The van der Waals surface area contributed by atoms with Crippen LogP contribution < -0.4 is 0 Å². The second-order valence-corrected chi connectivity index (χ2v) is 7.11. The molecule has 0 spiro atoms. The third-order valence-electron chi connectivity index (χ3n) is 5.13. The van der Waals surface area contributed by atoms with E-state index in [1.165, 1.54) is 0 Å². The number of likely N-dealkylation sites (tertiary alicyclic amines) is 1. The van der Waals surface area contributed by atoms with Crippen LogP contribution in [-0.2, 0) is 6.42 Å². The van der Waals surface area contributed by atoms with Crippen LogP contribution in [0.5, 0.6) is 0 Å². The Balaban J connectivity index is 1.53. The number of benzene rings is 1. The van der Waals surface area contributed by atoms with Gasteiger partial charge in [0.15, 0.2) is 0 Å². The van der Waals surface area contributed by atoms with Gasteiger partial charge in [0.1, 0.15) is 5.69 Å². The quantitative estimate of drug-likeness (QED) is 0.720. The van der Waals surface area contributed by atoms with Crippen LogP contribution in [0.1, 0.15) is 34.7 Å². The lowest BCUT2D eigenvalue weighted by molar-refractivity contribution is 0.0669. The fourth-order valence-corrected chi connectivity index (χ4v) is 3.86. The lowest BCUT2D eigenvalue weighted by atomic mass is 9.92. The molecule has 4 rings (SSSR count). The van der Waals surface area contributed by atoms with Gasteiger partial charge in [-0.05, 0) is 55.7 Å². The van der Waals surface area contributed by atoms with Crippen molar-refractivity contribution in [3.05, 3.63) is 71.8 Å². The lowest BCUT2D eigenvalue weighted by Gasteiger charge is -2.32. The average molecular weight is 345 g/mol. The van der Waals surface area contributed by atoms with Crippen molar-refractivity contribution in [2.75, 3.05) is 13.1 Å². The molecule has 4 heteroatoms. The van der Waals surface area contributed by atoms with Gasteiger partial charge >= 0.3 is 0 Å². The molecule has 3 heterocycles. The number of carbonyl (C=O) groups is 1. The van der Waals surface area contributed by atoms with Crippen LogP contribution in [0.25, 0.3) is 10.8 Å². The van der Waals surface area contributed by atoms with Crippen LogP contribution in [-0.4, -0.2) is 33.9 Å². The van der Waals surface area contributed by atoms with Crippen molar-refractivity contribution >= 4 is 16.7 Å². The molecule has 0 bridgehead atoms. The highest BCUT2D eigenvalue weighted by Gasteiger charge is 2.26. The zero-order valence-electron chi connectivity index (χ0n) is 15.1. The van der Waals surface area contributed by atoms with Crippen LogP contribution in [0.4, 0.5) is 0 Å². The Morgan fingerprint density at radius 2 is 2.04 bits per heavy atom. The van der Waals surface area contributed by atoms with Gasteiger partial charge in [-0.25, -0.2) is 0 Å². The van der Waals surface area contributed by atoms with Crippen molar-refractivity contribution in [1.29, 1.82) is 0 Å². The highest BCUT2D eigenvalue weighted by atomic mass is 16.2. The Labute approximate surface area is 153 Å². The summed E-state index contributed by atoms with van der Waals surface area (Å²) in [6.07, 6.45) is 4.83. The third-order valence-corrected chi connectivity index (χ3v) is 5.13. The minimum atomic E-state index is 0.0451. The van der Waals surface area contributed by atoms with E-state index in [9.17, 15) is 4.79 Å². The fourth-order valence-electron chi connectivity index (χ4n) is 3.86. The van der Waals surface area contributed by atoms with E-state index in [0.29, 0.717) is 11.6 Å². The summed E-state index contributed by atoms with van der Waals surface area (Å²) in [4.78, 5) is 24.1. The molecule has 3 aromatic rings. The Kier molecular flexibility index (Phi) is 4.65. The molecule has 1 aromatic carbocycles. The standard InChI is InChI=1S/C22H23N3O/c1-16-6-4-9-19(24-16)14-17-7-5-13-25(15-17)22(26)21-20-10-3-2-8-18(20)11-12-23-21/h2-4,6,8-12,17H,5,7,13-15H2,1H3. The monoisotopic (exact) mass is 345 g/mol. The maximum absolute atomic E-state index is 13.1. The van der Waals surface area contributed by atoms with Gasteiger partial charge in [-0.3, -0.25) is 14.8 Å². The van der Waals surface area contributed by atoms with Crippen molar-refractivity contribution in [2.45, 2.75) is 26.2 Å². The number of nitrogens with zero attached hydrogens (tertiary/aromatic N) is 3. The molecular weight excluding hydrogens is 322 g/mol. The number of hydrogen-bond donors (Lipinski definition) is 0. The predicted octanol–water partition coefficient (Wildman–Crippen LogP) is 4.03. The zero-order chi connectivity index (χ0) is 17.9. The van der Waals surface area contributed by atoms with Gasteiger partial charge < -0.3 is 4.90 Å². The Morgan fingerprint density at radius 1 is 1.15 bits per heavy atom. The molecule has 1 fully saturated rings. The van der Waals surface area contributed by atoms with E-state index in [2.05, 4.69) is 22.1 Å². The molecule has 1 saturated heterocycles. The second-order valence-electron chi connectivity index (χ2n) is 7.11. The van der Waals surface area contributed by atoms with E-state index in [-0.39, 0.29) is 5.91 Å². The first-order valence-corrected chi connectivity index (χ1v) is 9.26. The average Bonchev–Trinajstić information content (AvgIpc) is 2.67. The Bertz CT molecular complexity index is 932. The van der Waals surface area contributed by atoms with Gasteiger partial charge in [-0.15, -0.1) is 0 Å². The maximum Gasteiger partial charge on any atom is 0.273 e. The normalized spacial score (nSPS) is 17.4. The number of amides is 1. The molecule has 2 aromatic heterocycles. The van der Waals surface area contributed by atoms with Gasteiger partial charge in [0.25, 0.3) is 5.91 Å². The summed E-state index contributed by atoms with van der Waals surface area (Å²) in [5.41, 5.74) is 2.73. The smallest absolute Gasteiger partial charge is 0.273 e. The van der Waals surface area contributed by atoms with Gasteiger partial charge in [-0.1, -0.05) is 30.3 Å². The van der Waals surface area contributed by atoms with Gasteiger partial charge in [0.2, 0.25) is 0 Å². The molecule has 1 unspecified atom stereocenters. The Morgan fingerprint density at radius 3 is 2.92 bits per heavy atom. The molecule has 1 aliphatic heterocycles. The van der Waals surface area contributed by atoms with Crippen molar-refractivity contribution < 1.29 is 4.79 Å². The highest BCUT2D eigenvalue weighted by molar-refractivity contribution is 6.05. The summed E-state index contributed by atoms with van der Waals surface area (Å²) < 4.78 is 0. The molecule has 1 aliphatic rings. The van der Waals surface area contributed by atoms with Crippen LogP contribution in [0.3, 0.4) is 0 Å². The van der Waals surface area contributed by atoms with E-state index < -0.39 is 0 Å². The number of aromatic nitrogens is 2. The van der Waals surface area contributed by atoms with Crippen molar-refractivity contribution in [3.8, 4) is 0 Å². The molecule has 0 radical (unpaired) electrons. The first-order chi connectivity index (χ1) is 12.7. The summed E-state index contributed by atoms with van der Waals surface area (Å²) in [6, 6.07) is 16.1. The van der Waals surface area contributed by atoms with Gasteiger partial charge in [-0.2, -0.15) is 0 Å². The first kappa shape index (κ1) is 16.7. The number of pyridine rings is 2. The molecular formula is C22H23N3O. The molecule has 4 nitrogen and oxygen atoms in total. The molecule has 0 saturated carbocycles. The molecule has 132 valence electrons. The van der Waals surface area contributed by atoms with E-state index in [1.807, 2.05) is 48.2 Å². The lowest BCUT2D eigenvalue weighted by Crippen LogP contribution is -2.41. The van der Waals surface area contributed by atoms with E-state index in [4.69, 9.17) is 0 Å². The number of aryl methyl sites for hydroxylation is 1. The minimum Gasteiger partial charge on any atom is -0.337 e.